The second-order valence-electron chi connectivity index (χ2n) is 5.45. The number of aryl methyl sites for hydroxylation is 1. The Balaban J connectivity index is 1.60. The average Bonchev–Trinajstić information content (AvgIpc) is 3.04. The van der Waals surface area contributed by atoms with Crippen molar-refractivity contribution in [3.8, 4) is 10.7 Å². The molecule has 3 aromatic rings. The minimum Gasteiger partial charge on any atom is -0.273 e. The van der Waals surface area contributed by atoms with Gasteiger partial charge in [0, 0.05) is 11.2 Å². The Labute approximate surface area is 159 Å². The van der Waals surface area contributed by atoms with Gasteiger partial charge in [0.1, 0.15) is 9.88 Å². The zero-order valence-electron chi connectivity index (χ0n) is 13.8. The minimum absolute atomic E-state index is 0.137. The van der Waals surface area contributed by atoms with Gasteiger partial charge in [-0.3, -0.25) is 25.4 Å². The van der Waals surface area contributed by atoms with Crippen LogP contribution in [0.15, 0.2) is 48.7 Å². The SMILES string of the molecule is Cc1nc(-c2ccccn2)sc1C(=O)NNC(=O)Cc1ccc(Cl)cc1. The Morgan fingerprint density at radius 2 is 1.88 bits per heavy atom. The van der Waals surface area contributed by atoms with Gasteiger partial charge in [-0.25, -0.2) is 4.98 Å². The lowest BCUT2D eigenvalue weighted by atomic mass is 10.1. The first-order chi connectivity index (χ1) is 12.5. The molecule has 0 aliphatic carbocycles. The third-order valence-corrected chi connectivity index (χ3v) is 4.91. The summed E-state index contributed by atoms with van der Waals surface area (Å²) in [5.74, 6) is -0.737. The lowest BCUT2D eigenvalue weighted by molar-refractivity contribution is -0.121. The van der Waals surface area contributed by atoms with E-state index in [0.717, 1.165) is 5.56 Å². The van der Waals surface area contributed by atoms with E-state index in [9.17, 15) is 9.59 Å². The highest BCUT2D eigenvalue weighted by Gasteiger charge is 2.17. The molecule has 2 aromatic heterocycles. The third kappa shape index (κ3) is 4.44. The molecule has 0 fully saturated rings. The van der Waals surface area contributed by atoms with Crippen LogP contribution in [0.3, 0.4) is 0 Å². The first-order valence-electron chi connectivity index (χ1n) is 7.75. The molecule has 6 nitrogen and oxygen atoms in total. The van der Waals surface area contributed by atoms with Gasteiger partial charge >= 0.3 is 0 Å². The Bertz CT molecular complexity index is 926. The predicted octanol–water partition coefficient (Wildman–Crippen LogP) is 3.17. The van der Waals surface area contributed by atoms with Gasteiger partial charge in [0.25, 0.3) is 5.91 Å². The summed E-state index contributed by atoms with van der Waals surface area (Å²) in [7, 11) is 0. The van der Waals surface area contributed by atoms with Crippen molar-refractivity contribution in [2.45, 2.75) is 13.3 Å². The maximum Gasteiger partial charge on any atom is 0.281 e. The van der Waals surface area contributed by atoms with E-state index in [1.165, 1.54) is 11.3 Å². The number of carbonyl (C=O) groups is 2. The number of hydrazine groups is 1. The summed E-state index contributed by atoms with van der Waals surface area (Å²) in [5.41, 5.74) is 6.92. The highest BCUT2D eigenvalue weighted by Crippen LogP contribution is 2.26. The summed E-state index contributed by atoms with van der Waals surface area (Å²) in [6.07, 6.45) is 1.81. The van der Waals surface area contributed by atoms with Crippen molar-refractivity contribution in [2.75, 3.05) is 0 Å². The van der Waals surface area contributed by atoms with E-state index < -0.39 is 5.91 Å². The van der Waals surface area contributed by atoms with E-state index in [2.05, 4.69) is 20.8 Å². The van der Waals surface area contributed by atoms with E-state index >= 15 is 0 Å². The van der Waals surface area contributed by atoms with E-state index in [4.69, 9.17) is 11.6 Å². The van der Waals surface area contributed by atoms with Crippen LogP contribution in [0.2, 0.25) is 5.02 Å². The fourth-order valence-corrected chi connectivity index (χ4v) is 3.29. The zero-order valence-corrected chi connectivity index (χ0v) is 15.4. The molecule has 3 rings (SSSR count). The predicted molar refractivity (Wildman–Crippen MR) is 101 cm³/mol. The summed E-state index contributed by atoms with van der Waals surface area (Å²) in [4.78, 5) is 33.3. The van der Waals surface area contributed by atoms with Crippen molar-refractivity contribution in [1.82, 2.24) is 20.8 Å². The van der Waals surface area contributed by atoms with Crippen LogP contribution >= 0.6 is 22.9 Å². The van der Waals surface area contributed by atoms with Crippen molar-refractivity contribution >= 4 is 34.8 Å². The largest absolute Gasteiger partial charge is 0.281 e. The number of amides is 2. The van der Waals surface area contributed by atoms with E-state index in [0.29, 0.717) is 26.3 Å². The van der Waals surface area contributed by atoms with Gasteiger partial charge in [-0.2, -0.15) is 0 Å². The third-order valence-electron chi connectivity index (χ3n) is 3.48. The number of thiazole rings is 1. The molecule has 2 N–H and O–H groups in total. The van der Waals surface area contributed by atoms with Gasteiger partial charge in [-0.1, -0.05) is 29.8 Å². The number of nitrogens with zero attached hydrogens (tertiary/aromatic N) is 2. The summed E-state index contributed by atoms with van der Waals surface area (Å²) in [6, 6.07) is 12.4. The number of hydrogen-bond donors (Lipinski definition) is 2. The first kappa shape index (κ1) is 18.0. The molecule has 26 heavy (non-hydrogen) atoms. The van der Waals surface area contributed by atoms with Crippen LogP contribution in [0.1, 0.15) is 20.9 Å². The van der Waals surface area contributed by atoms with Crippen LogP contribution in [0, 0.1) is 6.92 Å². The van der Waals surface area contributed by atoms with Crippen molar-refractivity contribution in [2.24, 2.45) is 0 Å². The molecule has 0 saturated heterocycles. The van der Waals surface area contributed by atoms with Crippen LogP contribution < -0.4 is 10.9 Å². The summed E-state index contributed by atoms with van der Waals surface area (Å²) >= 11 is 7.04. The minimum atomic E-state index is -0.411. The molecule has 0 bridgehead atoms. The maximum absolute atomic E-state index is 12.3. The van der Waals surface area contributed by atoms with E-state index in [1.807, 2.05) is 18.2 Å². The molecule has 8 heteroatoms. The molecule has 0 unspecified atom stereocenters. The standard InChI is InChI=1S/C18H15ClN4O2S/c1-11-16(26-18(21-11)14-4-2-3-9-20-14)17(25)23-22-15(24)10-12-5-7-13(19)8-6-12/h2-9H,10H2,1H3,(H,22,24)(H,23,25). The smallest absolute Gasteiger partial charge is 0.273 e. The molecule has 0 radical (unpaired) electrons. The molecular formula is C18H15ClN4O2S. The number of aromatic nitrogens is 2. The quantitative estimate of drug-likeness (QED) is 0.674. The molecule has 2 heterocycles. The lowest BCUT2D eigenvalue weighted by Gasteiger charge is -2.06. The molecule has 1 aromatic carbocycles. The van der Waals surface area contributed by atoms with Crippen molar-refractivity contribution in [1.29, 1.82) is 0 Å². The Morgan fingerprint density at radius 3 is 2.58 bits per heavy atom. The second-order valence-corrected chi connectivity index (χ2v) is 6.89. The zero-order chi connectivity index (χ0) is 18.5. The normalized spacial score (nSPS) is 10.4. The monoisotopic (exact) mass is 386 g/mol. The van der Waals surface area contributed by atoms with Crippen LogP contribution in [-0.2, 0) is 11.2 Å². The van der Waals surface area contributed by atoms with Crippen molar-refractivity contribution < 1.29 is 9.59 Å². The number of carbonyl (C=O) groups excluding carboxylic acids is 2. The summed E-state index contributed by atoms with van der Waals surface area (Å²) < 4.78 is 0. The Hall–Kier alpha value is -2.77. The van der Waals surface area contributed by atoms with Gasteiger partial charge < -0.3 is 0 Å². The molecule has 0 spiro atoms. The fourth-order valence-electron chi connectivity index (χ4n) is 2.22. The molecule has 2 amide bonds. The molecule has 0 saturated carbocycles. The summed E-state index contributed by atoms with van der Waals surface area (Å²) in [5, 5.41) is 1.26. The lowest BCUT2D eigenvalue weighted by Crippen LogP contribution is -2.42. The number of hydrogen-bond acceptors (Lipinski definition) is 5. The van der Waals surface area contributed by atoms with Gasteiger partial charge in [-0.15, -0.1) is 11.3 Å². The van der Waals surface area contributed by atoms with Gasteiger partial charge in [0.2, 0.25) is 5.91 Å². The number of nitrogens with one attached hydrogen (secondary N) is 2. The Morgan fingerprint density at radius 1 is 1.12 bits per heavy atom. The van der Waals surface area contributed by atoms with Gasteiger partial charge in [-0.05, 0) is 36.8 Å². The van der Waals surface area contributed by atoms with Gasteiger partial charge in [0.15, 0.2) is 0 Å². The van der Waals surface area contributed by atoms with Crippen LogP contribution in [0.5, 0.6) is 0 Å². The molecular weight excluding hydrogens is 372 g/mol. The summed E-state index contributed by atoms with van der Waals surface area (Å²) in [6.45, 7) is 1.74. The first-order valence-corrected chi connectivity index (χ1v) is 8.95. The van der Waals surface area contributed by atoms with Crippen molar-refractivity contribution in [3.05, 3.63) is 69.8 Å². The Kier molecular flexibility index (Phi) is 5.60. The number of pyridine rings is 1. The molecule has 0 aliphatic heterocycles. The van der Waals surface area contributed by atoms with Crippen LogP contribution in [-0.4, -0.2) is 21.8 Å². The fraction of sp³-hybridized carbons (Fsp3) is 0.111. The molecule has 0 aliphatic rings. The van der Waals surface area contributed by atoms with E-state index in [-0.39, 0.29) is 12.3 Å². The molecule has 132 valence electrons. The van der Waals surface area contributed by atoms with Crippen LogP contribution in [0.4, 0.5) is 0 Å². The highest BCUT2D eigenvalue weighted by atomic mass is 35.5. The van der Waals surface area contributed by atoms with Gasteiger partial charge in [0.05, 0.1) is 17.8 Å². The van der Waals surface area contributed by atoms with E-state index in [1.54, 1.807) is 37.4 Å². The highest BCUT2D eigenvalue weighted by molar-refractivity contribution is 7.17. The number of rotatable bonds is 4. The topological polar surface area (TPSA) is 84.0 Å². The number of halogens is 1. The maximum atomic E-state index is 12.3. The van der Waals surface area contributed by atoms with Crippen molar-refractivity contribution in [3.63, 3.8) is 0 Å². The average molecular weight is 387 g/mol. The molecule has 0 atom stereocenters. The number of benzene rings is 1. The van der Waals surface area contributed by atoms with Crippen LogP contribution in [0.25, 0.3) is 10.7 Å². The second kappa shape index (κ2) is 8.07.